The van der Waals surface area contributed by atoms with E-state index in [9.17, 15) is 13.6 Å². The third-order valence-corrected chi connectivity index (χ3v) is 3.50. The number of ether oxygens (including phenoxy) is 2. The summed E-state index contributed by atoms with van der Waals surface area (Å²) in [6.45, 7) is -4.39. The molecule has 8 nitrogen and oxygen atoms in total. The van der Waals surface area contributed by atoms with Crippen molar-refractivity contribution in [2.45, 2.75) is 45.6 Å². The van der Waals surface area contributed by atoms with E-state index in [2.05, 4.69) is 25.6 Å². The van der Waals surface area contributed by atoms with E-state index < -0.39 is 31.1 Å². The normalized spacial score (nSPS) is 17.4. The van der Waals surface area contributed by atoms with Crippen LogP contribution in [0.2, 0.25) is 0 Å². The predicted octanol–water partition coefficient (Wildman–Crippen LogP) is 3.63. The number of carbonyl (C=O) groups excluding carboxylic acids is 1. The molecule has 2 aromatic heterocycles. The average molecular weight is 398 g/mol. The van der Waals surface area contributed by atoms with Gasteiger partial charge in [0.25, 0.3) is 0 Å². The van der Waals surface area contributed by atoms with Gasteiger partial charge in [0.15, 0.2) is 5.75 Å². The van der Waals surface area contributed by atoms with Crippen LogP contribution in [0.1, 0.15) is 46.2 Å². The Hall–Kier alpha value is -3.04. The van der Waals surface area contributed by atoms with Gasteiger partial charge in [-0.2, -0.15) is 13.8 Å². The topological polar surface area (TPSA) is 98.3 Å². The summed E-state index contributed by atoms with van der Waals surface area (Å²) >= 11 is 0. The van der Waals surface area contributed by atoms with Gasteiger partial charge in [-0.3, -0.25) is 4.79 Å². The second kappa shape index (κ2) is 7.91. The molecule has 150 valence electrons. The average Bonchev–Trinajstić information content (AvgIpc) is 3.45. The zero-order valence-corrected chi connectivity index (χ0v) is 15.0. The van der Waals surface area contributed by atoms with E-state index in [1.54, 1.807) is 0 Å². The maximum atomic E-state index is 13.9. The lowest BCUT2D eigenvalue weighted by atomic mass is 10.3. The van der Waals surface area contributed by atoms with Crippen molar-refractivity contribution in [2.75, 3.05) is 17.2 Å². The van der Waals surface area contributed by atoms with Crippen molar-refractivity contribution in [1.29, 1.82) is 0 Å². The molecule has 0 aromatic carbocycles. The number of nitrogens with zero attached hydrogens (tertiary/aromatic N) is 3. The first-order chi connectivity index (χ1) is 15.1. The highest BCUT2D eigenvalue weighted by Gasteiger charge is 2.31. The molecule has 0 bridgehead atoms. The molecule has 1 fully saturated rings. The summed E-state index contributed by atoms with van der Waals surface area (Å²) < 4.78 is 75.8. The van der Waals surface area contributed by atoms with Gasteiger partial charge in [0.1, 0.15) is 17.7 Å². The Morgan fingerprint density at radius 2 is 2.18 bits per heavy atom. The quantitative estimate of drug-likeness (QED) is 0.701. The van der Waals surface area contributed by atoms with Crippen LogP contribution in [0.25, 0.3) is 0 Å². The van der Waals surface area contributed by atoms with Crippen LogP contribution < -0.4 is 20.1 Å². The minimum absolute atomic E-state index is 0.0105. The van der Waals surface area contributed by atoms with E-state index in [0.29, 0.717) is 6.92 Å². The summed E-state index contributed by atoms with van der Waals surface area (Å²) in [5, 5.41) is 5.08. The van der Waals surface area contributed by atoms with Crippen LogP contribution in [-0.2, 0) is 10.7 Å². The maximum absolute atomic E-state index is 13.9. The maximum Gasteiger partial charge on any atom is 0.304 e. The van der Waals surface area contributed by atoms with E-state index in [1.165, 1.54) is 19.1 Å². The molecule has 28 heavy (non-hydrogen) atoms. The van der Waals surface area contributed by atoms with Crippen molar-refractivity contribution in [3.05, 3.63) is 24.2 Å². The molecule has 2 heterocycles. The fourth-order valence-corrected chi connectivity index (χ4v) is 2.17. The number of pyridine rings is 1. The highest BCUT2D eigenvalue weighted by molar-refractivity contribution is 5.88. The van der Waals surface area contributed by atoms with Crippen LogP contribution >= 0.6 is 0 Å². The number of nitrogens with one attached hydrogen (secondary N) is 2. The lowest BCUT2D eigenvalue weighted by molar-refractivity contribution is -0.114. The number of alkyl halides is 2. The van der Waals surface area contributed by atoms with E-state index in [4.69, 9.17) is 16.3 Å². The number of hydrogen-bond acceptors (Lipinski definition) is 7. The van der Waals surface area contributed by atoms with Gasteiger partial charge in [0, 0.05) is 30.1 Å². The first-order valence-corrected chi connectivity index (χ1v) is 8.32. The lowest BCUT2D eigenvalue weighted by Crippen LogP contribution is -2.15. The van der Waals surface area contributed by atoms with Crippen LogP contribution in [0.15, 0.2) is 18.3 Å². The Balaban J connectivity index is 2.01. The van der Waals surface area contributed by atoms with Crippen LogP contribution in [-0.4, -0.2) is 33.5 Å². The fraction of sp³-hybridized carbons (Fsp3) is 0.444. The van der Waals surface area contributed by atoms with Gasteiger partial charge in [-0.25, -0.2) is 9.97 Å². The number of anilines is 3. The number of carbonyl (C=O) groups is 1. The Morgan fingerprint density at radius 1 is 1.39 bits per heavy atom. The van der Waals surface area contributed by atoms with Crippen molar-refractivity contribution in [3.63, 3.8) is 0 Å². The van der Waals surface area contributed by atoms with Gasteiger partial charge < -0.3 is 20.1 Å². The van der Waals surface area contributed by atoms with Gasteiger partial charge in [-0.05, 0) is 19.7 Å². The highest BCUT2D eigenvalue weighted by Crippen LogP contribution is 2.33. The molecule has 1 aliphatic carbocycles. The number of aromatic nitrogens is 3. The minimum Gasteiger partial charge on any atom is -0.490 e. The second-order valence-electron chi connectivity index (χ2n) is 6.20. The molecule has 0 radical (unpaired) electrons. The van der Waals surface area contributed by atoms with Crippen LogP contribution in [0.3, 0.4) is 0 Å². The Bertz CT molecular complexity index is 1050. The minimum atomic E-state index is -3.39. The zero-order valence-electron chi connectivity index (χ0n) is 20.0. The lowest BCUT2D eigenvalue weighted by Gasteiger charge is -2.16. The first-order valence-electron chi connectivity index (χ1n) is 10.8. The van der Waals surface area contributed by atoms with Crippen molar-refractivity contribution in [3.8, 4) is 11.6 Å². The van der Waals surface area contributed by atoms with E-state index in [-0.39, 0.29) is 35.1 Å². The number of rotatable bonds is 8. The van der Waals surface area contributed by atoms with Crippen LogP contribution in [0.5, 0.6) is 11.6 Å². The van der Waals surface area contributed by atoms with Gasteiger partial charge >= 0.3 is 5.92 Å². The molecule has 1 aliphatic rings. The molecule has 1 amide bonds. The molecule has 0 atom stereocenters. The van der Waals surface area contributed by atoms with E-state index in [1.807, 2.05) is 0 Å². The Morgan fingerprint density at radius 3 is 2.82 bits per heavy atom. The summed E-state index contributed by atoms with van der Waals surface area (Å²) in [7, 11) is 0. The van der Waals surface area contributed by atoms with Gasteiger partial charge in [-0.1, -0.05) is 0 Å². The summed E-state index contributed by atoms with van der Waals surface area (Å²) in [6.07, 6.45) is 2.37. The van der Waals surface area contributed by atoms with Gasteiger partial charge in [-0.15, -0.1) is 0 Å². The van der Waals surface area contributed by atoms with Crippen molar-refractivity contribution in [1.82, 2.24) is 15.0 Å². The molecular formula is C18H21F2N5O3. The first kappa shape index (κ1) is 14.0. The molecule has 1 saturated carbocycles. The molecule has 2 aromatic rings. The van der Waals surface area contributed by atoms with E-state index >= 15 is 0 Å². The predicted molar refractivity (Wildman–Crippen MR) is 98.2 cm³/mol. The van der Waals surface area contributed by atoms with Crippen LogP contribution in [0.4, 0.5) is 26.1 Å². The Labute approximate surface area is 167 Å². The number of halogens is 2. The molecule has 0 unspecified atom stereocenters. The zero-order chi connectivity index (χ0) is 24.6. The van der Waals surface area contributed by atoms with Gasteiger partial charge in [0.05, 0.1) is 21.2 Å². The smallest absolute Gasteiger partial charge is 0.304 e. The molecule has 0 spiro atoms. The largest absolute Gasteiger partial charge is 0.490 e. The summed E-state index contributed by atoms with van der Waals surface area (Å²) in [5.74, 6) is -5.28. The summed E-state index contributed by atoms with van der Waals surface area (Å²) in [5.41, 5.74) is -0.0942. The SMILES string of the molecule is [2H]C([2H])([2H])C([2H])([2H])Oc1cnc(NC(C)=O)cc1Nc1cc(OC2CC2)nc(C(C)(F)F)n1. The molecular weight excluding hydrogens is 372 g/mol. The molecule has 0 saturated heterocycles. The molecule has 0 aliphatic heterocycles. The molecule has 10 heteroatoms. The standard InChI is InChI=1S/C18H21F2N5O3/c1-4-27-13-9-21-14(22-10(2)26)7-12(13)23-15-8-16(28-11-5-6-11)25-17(24-15)18(3,19)20/h7-9,11H,4-6H2,1-3H3,(H2,21,22,23,24,25,26)/i1D3,4D2. The molecule has 2 N–H and O–H groups in total. The van der Waals surface area contributed by atoms with Crippen molar-refractivity contribution < 1.29 is 29.9 Å². The Kier molecular flexibility index (Phi) is 3.96. The van der Waals surface area contributed by atoms with Crippen molar-refractivity contribution >= 4 is 23.2 Å². The highest BCUT2D eigenvalue weighted by atomic mass is 19.3. The fourth-order valence-electron chi connectivity index (χ4n) is 2.17. The summed E-state index contributed by atoms with van der Waals surface area (Å²) in [4.78, 5) is 22.8. The monoisotopic (exact) mass is 398 g/mol. The third-order valence-electron chi connectivity index (χ3n) is 3.50. The third kappa shape index (κ3) is 5.24. The number of hydrogen-bond donors (Lipinski definition) is 2. The molecule has 3 rings (SSSR count). The van der Waals surface area contributed by atoms with Crippen molar-refractivity contribution in [2.24, 2.45) is 0 Å². The second-order valence-corrected chi connectivity index (χ2v) is 6.20. The van der Waals surface area contributed by atoms with Crippen LogP contribution in [0, 0.1) is 0 Å². The van der Waals surface area contributed by atoms with Gasteiger partial charge in [0.2, 0.25) is 17.6 Å². The van der Waals surface area contributed by atoms with E-state index in [0.717, 1.165) is 19.0 Å². The number of amides is 1. The summed E-state index contributed by atoms with van der Waals surface area (Å²) in [6, 6.07) is 2.47.